The molecular weight excluding hydrogens is 546 g/mol. The predicted octanol–water partition coefficient (Wildman–Crippen LogP) is 3.87. The summed E-state index contributed by atoms with van der Waals surface area (Å²) in [5.74, 6) is 0.228. The van der Waals surface area contributed by atoms with E-state index in [0.29, 0.717) is 25.1 Å². The maximum atomic E-state index is 12.5. The molecule has 11 nitrogen and oxygen atoms in total. The van der Waals surface area contributed by atoms with Crippen LogP contribution in [-0.2, 0) is 35.4 Å². The average Bonchev–Trinajstić information content (AvgIpc) is 3.38. The minimum atomic E-state index is -3.66. The van der Waals surface area contributed by atoms with Crippen LogP contribution >= 0.6 is 0 Å². The van der Waals surface area contributed by atoms with Crippen LogP contribution in [0.1, 0.15) is 58.6 Å². The van der Waals surface area contributed by atoms with Gasteiger partial charge in [0.05, 0.1) is 40.9 Å². The van der Waals surface area contributed by atoms with Gasteiger partial charge in [-0.3, -0.25) is 13.2 Å². The molecule has 3 rings (SSSR count). The van der Waals surface area contributed by atoms with Gasteiger partial charge in [0.2, 0.25) is 5.91 Å². The number of hydrogen-bond donors (Lipinski definition) is 2. The summed E-state index contributed by atoms with van der Waals surface area (Å²) >= 11 is 0. The largest absolute Gasteiger partial charge is 0.505 e. The summed E-state index contributed by atoms with van der Waals surface area (Å²) in [5, 5.41) is 23.2. The number of rotatable bonds is 12. The zero-order valence-electron chi connectivity index (χ0n) is 25.6. The van der Waals surface area contributed by atoms with Crippen LogP contribution in [-0.4, -0.2) is 86.4 Å². The Balaban J connectivity index is 0.000000745. The Labute approximate surface area is 244 Å². The van der Waals surface area contributed by atoms with Gasteiger partial charge < -0.3 is 14.9 Å². The van der Waals surface area contributed by atoms with Crippen molar-refractivity contribution in [1.82, 2.24) is 20.3 Å². The van der Waals surface area contributed by atoms with E-state index < -0.39 is 10.4 Å². The van der Waals surface area contributed by atoms with E-state index in [1.54, 1.807) is 0 Å². The number of benzene rings is 2. The van der Waals surface area contributed by atoms with Crippen molar-refractivity contribution in [3.63, 3.8) is 0 Å². The Morgan fingerprint density at radius 2 is 1.61 bits per heavy atom. The number of aromatic nitrogens is 3. The molecule has 228 valence electrons. The molecule has 0 radical (unpaired) electrons. The van der Waals surface area contributed by atoms with Gasteiger partial charge in [-0.2, -0.15) is 8.42 Å². The van der Waals surface area contributed by atoms with Crippen LogP contribution in [0.15, 0.2) is 36.4 Å². The summed E-state index contributed by atoms with van der Waals surface area (Å²) in [6.07, 6.45) is 1.96. The quantitative estimate of drug-likeness (QED) is 0.239. The molecule has 41 heavy (non-hydrogen) atoms. The molecule has 0 fully saturated rings. The first-order valence-electron chi connectivity index (χ1n) is 13.8. The fraction of sp³-hybridized carbons (Fsp3) is 0.552. The van der Waals surface area contributed by atoms with E-state index in [0.717, 1.165) is 66.9 Å². The van der Waals surface area contributed by atoms with Gasteiger partial charge in [0.1, 0.15) is 22.5 Å². The number of aromatic hydroxyl groups is 1. The highest BCUT2D eigenvalue weighted by molar-refractivity contribution is 7.81. The third kappa shape index (κ3) is 10.1. The van der Waals surface area contributed by atoms with Crippen LogP contribution in [0.25, 0.3) is 16.7 Å². The molecule has 12 heteroatoms. The second-order valence-corrected chi connectivity index (χ2v) is 12.6. The lowest BCUT2D eigenvalue weighted by Crippen LogP contribution is -2.45. The van der Waals surface area contributed by atoms with Crippen molar-refractivity contribution in [3.05, 3.63) is 47.5 Å². The smallest absolute Gasteiger partial charge is 0.399 e. The number of aryl methyl sites for hydroxylation is 1. The van der Waals surface area contributed by atoms with Crippen molar-refractivity contribution in [2.75, 3.05) is 47.4 Å². The van der Waals surface area contributed by atoms with Crippen LogP contribution in [0.4, 0.5) is 0 Å². The molecule has 0 saturated carbocycles. The van der Waals surface area contributed by atoms with Crippen LogP contribution < -0.4 is 5.32 Å². The molecule has 1 aromatic heterocycles. The minimum absolute atomic E-state index is 0.0529. The van der Waals surface area contributed by atoms with Crippen molar-refractivity contribution in [1.29, 1.82) is 0 Å². The molecule has 2 N–H and O–H groups in total. The van der Waals surface area contributed by atoms with Crippen molar-refractivity contribution in [3.8, 4) is 11.4 Å². The summed E-state index contributed by atoms with van der Waals surface area (Å²) in [6.45, 7) is 14.6. The average molecular weight is 593 g/mol. The summed E-state index contributed by atoms with van der Waals surface area (Å²) < 4.78 is 28.5. The van der Waals surface area contributed by atoms with E-state index in [9.17, 15) is 18.3 Å². The lowest BCUT2D eigenvalue weighted by Gasteiger charge is -2.32. The van der Waals surface area contributed by atoms with Crippen molar-refractivity contribution in [2.45, 2.75) is 59.3 Å². The molecular formula is C29H46N5O6S+. The lowest BCUT2D eigenvalue weighted by atomic mass is 9.84. The van der Waals surface area contributed by atoms with Crippen molar-refractivity contribution >= 4 is 27.3 Å². The van der Waals surface area contributed by atoms with Crippen molar-refractivity contribution in [2.24, 2.45) is 0 Å². The number of phenols is 1. The number of nitrogens with one attached hydrogen (secondary N) is 1. The number of phenolic OH excluding ortho intramolecular Hbond substituents is 1. The number of hydrogen-bond acceptors (Lipinski definition) is 8. The SMILES string of the molecule is CC[N+](C)(CC)CCCNC(=O)CCc1cc(-n2nc3ccccc3n2)c(O)c(C(C)(C)C)c1.COS(=O)(=O)OC. The number of nitrogens with zero attached hydrogens (tertiary/aromatic N) is 4. The molecule has 0 saturated heterocycles. The fourth-order valence-electron chi connectivity index (χ4n) is 4.16. The van der Waals surface area contributed by atoms with Crippen LogP contribution in [0.3, 0.4) is 0 Å². The minimum Gasteiger partial charge on any atom is -0.505 e. The number of carbonyl (C=O) groups excluding carboxylic acids is 1. The topological polar surface area (TPSA) is 133 Å². The van der Waals surface area contributed by atoms with E-state index in [4.69, 9.17) is 0 Å². The maximum Gasteiger partial charge on any atom is 0.399 e. The van der Waals surface area contributed by atoms with E-state index >= 15 is 0 Å². The number of amides is 1. The Bertz CT molecular complexity index is 1350. The third-order valence-electron chi connectivity index (χ3n) is 7.23. The maximum absolute atomic E-state index is 12.5. The normalized spacial score (nSPS) is 12.2. The number of carbonyl (C=O) groups is 1. The first kappa shape index (κ1) is 34.1. The van der Waals surface area contributed by atoms with E-state index in [1.807, 2.05) is 36.4 Å². The van der Waals surface area contributed by atoms with E-state index in [1.165, 1.54) is 4.80 Å². The molecule has 0 aliphatic heterocycles. The van der Waals surface area contributed by atoms with Crippen LogP contribution in [0.5, 0.6) is 5.75 Å². The second kappa shape index (κ2) is 14.7. The zero-order valence-corrected chi connectivity index (χ0v) is 26.4. The first-order chi connectivity index (χ1) is 19.2. The van der Waals surface area contributed by atoms with Crippen LogP contribution in [0, 0.1) is 0 Å². The number of fused-ring (bicyclic) bond motifs is 1. The Kier molecular flexibility index (Phi) is 12.3. The van der Waals surface area contributed by atoms with Gasteiger partial charge in [-0.1, -0.05) is 39.0 Å². The Hall–Kier alpha value is -3.06. The summed E-state index contributed by atoms with van der Waals surface area (Å²) in [5.41, 5.74) is 3.60. The summed E-state index contributed by atoms with van der Waals surface area (Å²) in [6, 6.07) is 11.5. The van der Waals surface area contributed by atoms with E-state index in [-0.39, 0.29) is 17.1 Å². The highest BCUT2D eigenvalue weighted by Crippen LogP contribution is 2.36. The predicted molar refractivity (Wildman–Crippen MR) is 160 cm³/mol. The zero-order chi connectivity index (χ0) is 30.8. The molecule has 2 aromatic carbocycles. The standard InChI is InChI=1S/C27H39N5O2.C2H6O4S/c1-7-32(6,8-2)17-11-16-28-25(33)15-14-20-18-21(27(3,4)5)26(34)24(19-20)31-29-22-12-9-10-13-23(22)30-31;1-5-7(3,4)6-2/h9-10,12-13,18-19H,7-8,11,14-17H2,1-6H3,(H-,28,33,34);1-2H3/p+1. The monoisotopic (exact) mass is 592 g/mol. The molecule has 0 aliphatic carbocycles. The molecule has 1 amide bonds. The van der Waals surface area contributed by atoms with Gasteiger partial charge in [0, 0.05) is 24.9 Å². The van der Waals surface area contributed by atoms with Gasteiger partial charge in [-0.15, -0.1) is 15.0 Å². The van der Waals surface area contributed by atoms with Gasteiger partial charge >= 0.3 is 10.4 Å². The van der Waals surface area contributed by atoms with Gasteiger partial charge in [-0.05, 0) is 49.4 Å². The lowest BCUT2D eigenvalue weighted by molar-refractivity contribution is -0.906. The third-order valence-corrected chi connectivity index (χ3v) is 8.05. The van der Waals surface area contributed by atoms with E-state index in [2.05, 4.69) is 65.5 Å². The van der Waals surface area contributed by atoms with Crippen LogP contribution in [0.2, 0.25) is 0 Å². The molecule has 0 spiro atoms. The second-order valence-electron chi connectivity index (χ2n) is 11.2. The van der Waals surface area contributed by atoms with Gasteiger partial charge in [0.25, 0.3) is 0 Å². The molecule has 0 bridgehead atoms. The van der Waals surface area contributed by atoms with Gasteiger partial charge in [0.15, 0.2) is 0 Å². The summed E-state index contributed by atoms with van der Waals surface area (Å²) in [4.78, 5) is 14.0. The first-order valence-corrected chi connectivity index (χ1v) is 15.2. The summed E-state index contributed by atoms with van der Waals surface area (Å²) in [7, 11) is 0.654. The van der Waals surface area contributed by atoms with Gasteiger partial charge in [-0.25, -0.2) is 0 Å². The highest BCUT2D eigenvalue weighted by Gasteiger charge is 2.23. The Morgan fingerprint density at radius 1 is 1.05 bits per heavy atom. The number of quaternary nitrogens is 1. The molecule has 3 aromatic rings. The van der Waals surface area contributed by atoms with Crippen molar-refractivity contribution < 1.29 is 31.2 Å². The fourth-order valence-corrected chi connectivity index (χ4v) is 4.29. The highest BCUT2D eigenvalue weighted by atomic mass is 32.3. The molecule has 0 aliphatic rings. The molecule has 1 heterocycles. The Morgan fingerprint density at radius 3 is 2.07 bits per heavy atom. The molecule has 0 atom stereocenters. The molecule has 0 unspecified atom stereocenters.